The lowest BCUT2D eigenvalue weighted by atomic mass is 10.0. The largest absolute Gasteiger partial charge is 0.355 e. The summed E-state index contributed by atoms with van der Waals surface area (Å²) in [5.41, 5.74) is 3.60. The highest BCUT2D eigenvalue weighted by Gasteiger charge is 2.05. The summed E-state index contributed by atoms with van der Waals surface area (Å²) in [7, 11) is 1.63. The van der Waals surface area contributed by atoms with E-state index in [1.807, 2.05) is 47.1 Å². The Labute approximate surface area is 110 Å². The van der Waals surface area contributed by atoms with Crippen molar-refractivity contribution in [3.63, 3.8) is 0 Å². The average Bonchev–Trinajstić information content (AvgIpc) is 2.94. The van der Waals surface area contributed by atoms with Gasteiger partial charge in [-0.25, -0.2) is 4.98 Å². The maximum absolute atomic E-state index is 11.6. The molecule has 19 heavy (non-hydrogen) atoms. The van der Waals surface area contributed by atoms with E-state index in [-0.39, 0.29) is 5.91 Å². The topological polar surface area (TPSA) is 46.4 Å². The number of hydrogen-bond acceptors (Lipinski definition) is 2. The van der Waals surface area contributed by atoms with E-state index in [1.54, 1.807) is 19.3 Å². The normalized spacial score (nSPS) is 10.6. The number of hydrogen-bond donors (Lipinski definition) is 1. The van der Waals surface area contributed by atoms with Crippen molar-refractivity contribution in [2.24, 2.45) is 0 Å². The van der Waals surface area contributed by atoms with Crippen LogP contribution in [0, 0.1) is 0 Å². The van der Waals surface area contributed by atoms with E-state index in [2.05, 4.69) is 10.3 Å². The minimum Gasteiger partial charge on any atom is -0.355 e. The molecule has 1 N–H and O–H groups in total. The van der Waals surface area contributed by atoms with Crippen molar-refractivity contribution in [3.05, 3.63) is 60.6 Å². The van der Waals surface area contributed by atoms with Gasteiger partial charge >= 0.3 is 0 Å². The standard InChI is InChI=1S/C15H13N3O/c1-16-15(19)13-4-2-3-11(9-13)12-5-7-18-8-6-17-14(18)10-12/h2-10H,1H3,(H,16,19). The van der Waals surface area contributed by atoms with Crippen LogP contribution in [0.4, 0.5) is 0 Å². The molecule has 0 spiro atoms. The molecule has 0 saturated heterocycles. The molecule has 3 aromatic rings. The molecule has 0 radical (unpaired) electrons. The number of rotatable bonds is 2. The number of pyridine rings is 1. The van der Waals surface area contributed by atoms with Crippen molar-refractivity contribution >= 4 is 11.6 Å². The van der Waals surface area contributed by atoms with Crippen LogP contribution in [0.1, 0.15) is 10.4 Å². The molecule has 4 nitrogen and oxygen atoms in total. The number of nitrogens with one attached hydrogen (secondary N) is 1. The van der Waals surface area contributed by atoms with Crippen LogP contribution < -0.4 is 5.32 Å². The third-order valence-corrected chi connectivity index (χ3v) is 3.08. The van der Waals surface area contributed by atoms with Crippen molar-refractivity contribution in [3.8, 4) is 11.1 Å². The first kappa shape index (κ1) is 11.5. The molecule has 4 heteroatoms. The Balaban J connectivity index is 2.07. The summed E-state index contributed by atoms with van der Waals surface area (Å²) in [6.45, 7) is 0. The molecule has 0 aliphatic heterocycles. The van der Waals surface area contributed by atoms with Gasteiger partial charge in [0.1, 0.15) is 5.65 Å². The Morgan fingerprint density at radius 3 is 2.84 bits per heavy atom. The number of imidazole rings is 1. The molecule has 2 heterocycles. The number of amides is 1. The van der Waals surface area contributed by atoms with E-state index >= 15 is 0 Å². The third-order valence-electron chi connectivity index (χ3n) is 3.08. The first-order chi connectivity index (χ1) is 9.28. The monoisotopic (exact) mass is 251 g/mol. The van der Waals surface area contributed by atoms with Crippen LogP contribution in [0.15, 0.2) is 55.0 Å². The number of benzene rings is 1. The van der Waals surface area contributed by atoms with Crippen LogP contribution in [0.2, 0.25) is 0 Å². The van der Waals surface area contributed by atoms with Gasteiger partial charge in [0.25, 0.3) is 5.91 Å². The second-order valence-electron chi connectivity index (χ2n) is 4.27. The summed E-state index contributed by atoms with van der Waals surface area (Å²) < 4.78 is 1.95. The van der Waals surface area contributed by atoms with Crippen LogP contribution in [0.5, 0.6) is 0 Å². The van der Waals surface area contributed by atoms with E-state index in [9.17, 15) is 4.79 Å². The zero-order valence-corrected chi connectivity index (χ0v) is 10.5. The molecular formula is C15H13N3O. The third kappa shape index (κ3) is 2.08. The maximum Gasteiger partial charge on any atom is 0.251 e. The zero-order chi connectivity index (χ0) is 13.2. The highest BCUT2D eigenvalue weighted by Crippen LogP contribution is 2.21. The molecule has 94 valence electrons. The molecule has 0 unspecified atom stereocenters. The van der Waals surface area contributed by atoms with Gasteiger partial charge in [0, 0.05) is 31.2 Å². The van der Waals surface area contributed by atoms with E-state index in [1.165, 1.54) is 0 Å². The number of fused-ring (bicyclic) bond motifs is 1. The minimum atomic E-state index is -0.0799. The van der Waals surface area contributed by atoms with E-state index < -0.39 is 0 Å². The molecule has 0 aliphatic rings. The second-order valence-corrected chi connectivity index (χ2v) is 4.27. The summed E-state index contributed by atoms with van der Waals surface area (Å²) in [5.74, 6) is -0.0799. The van der Waals surface area contributed by atoms with Gasteiger partial charge in [-0.05, 0) is 35.4 Å². The highest BCUT2D eigenvalue weighted by molar-refractivity contribution is 5.95. The quantitative estimate of drug-likeness (QED) is 0.760. The molecule has 1 aromatic carbocycles. The molecule has 1 amide bonds. The fourth-order valence-electron chi connectivity index (χ4n) is 2.07. The van der Waals surface area contributed by atoms with Crippen molar-refractivity contribution in [2.75, 3.05) is 7.05 Å². The number of aromatic nitrogens is 2. The van der Waals surface area contributed by atoms with Crippen molar-refractivity contribution in [1.82, 2.24) is 14.7 Å². The Morgan fingerprint density at radius 2 is 2.00 bits per heavy atom. The van der Waals surface area contributed by atoms with Gasteiger partial charge < -0.3 is 9.72 Å². The number of carbonyl (C=O) groups is 1. The molecular weight excluding hydrogens is 238 g/mol. The van der Waals surface area contributed by atoms with E-state index in [4.69, 9.17) is 0 Å². The zero-order valence-electron chi connectivity index (χ0n) is 10.5. The molecule has 0 fully saturated rings. The smallest absolute Gasteiger partial charge is 0.251 e. The Kier molecular flexibility index (Phi) is 2.76. The van der Waals surface area contributed by atoms with Crippen LogP contribution in [0.25, 0.3) is 16.8 Å². The number of carbonyl (C=O) groups excluding carboxylic acids is 1. The van der Waals surface area contributed by atoms with Crippen LogP contribution >= 0.6 is 0 Å². The summed E-state index contributed by atoms with van der Waals surface area (Å²) in [6.07, 6.45) is 5.63. The summed E-state index contributed by atoms with van der Waals surface area (Å²) >= 11 is 0. The van der Waals surface area contributed by atoms with Crippen molar-refractivity contribution in [1.29, 1.82) is 0 Å². The lowest BCUT2D eigenvalue weighted by molar-refractivity contribution is 0.0963. The van der Waals surface area contributed by atoms with Gasteiger partial charge in [-0.1, -0.05) is 12.1 Å². The van der Waals surface area contributed by atoms with Crippen molar-refractivity contribution < 1.29 is 4.79 Å². The molecule has 0 bridgehead atoms. The Hall–Kier alpha value is -2.62. The molecule has 3 rings (SSSR count). The van der Waals surface area contributed by atoms with Crippen LogP contribution in [0.3, 0.4) is 0 Å². The van der Waals surface area contributed by atoms with Crippen molar-refractivity contribution in [2.45, 2.75) is 0 Å². The SMILES string of the molecule is CNC(=O)c1cccc(-c2ccn3ccnc3c2)c1. The Bertz CT molecular complexity index is 746. The second kappa shape index (κ2) is 4.57. The van der Waals surface area contributed by atoms with E-state index in [0.29, 0.717) is 5.56 Å². The summed E-state index contributed by atoms with van der Waals surface area (Å²) in [4.78, 5) is 15.9. The van der Waals surface area contributed by atoms with Gasteiger partial charge in [-0.15, -0.1) is 0 Å². The predicted octanol–water partition coefficient (Wildman–Crippen LogP) is 2.36. The molecule has 0 atom stereocenters. The first-order valence-electron chi connectivity index (χ1n) is 6.03. The maximum atomic E-state index is 11.6. The van der Waals surface area contributed by atoms with E-state index in [0.717, 1.165) is 16.8 Å². The van der Waals surface area contributed by atoms with Crippen LogP contribution in [-0.2, 0) is 0 Å². The molecule has 2 aromatic heterocycles. The molecule has 0 aliphatic carbocycles. The average molecular weight is 251 g/mol. The lowest BCUT2D eigenvalue weighted by Crippen LogP contribution is -2.17. The first-order valence-corrected chi connectivity index (χ1v) is 6.03. The minimum absolute atomic E-state index is 0.0799. The predicted molar refractivity (Wildman–Crippen MR) is 74.0 cm³/mol. The van der Waals surface area contributed by atoms with Gasteiger partial charge in [0.05, 0.1) is 0 Å². The Morgan fingerprint density at radius 1 is 1.16 bits per heavy atom. The van der Waals surface area contributed by atoms with Gasteiger partial charge in [-0.2, -0.15) is 0 Å². The lowest BCUT2D eigenvalue weighted by Gasteiger charge is -2.05. The fraction of sp³-hybridized carbons (Fsp3) is 0.0667. The summed E-state index contributed by atoms with van der Waals surface area (Å²) in [5, 5.41) is 2.63. The highest BCUT2D eigenvalue weighted by atomic mass is 16.1. The van der Waals surface area contributed by atoms with Gasteiger partial charge in [-0.3, -0.25) is 4.79 Å². The fourth-order valence-corrected chi connectivity index (χ4v) is 2.07. The summed E-state index contributed by atoms with van der Waals surface area (Å²) in [6, 6.07) is 11.6. The van der Waals surface area contributed by atoms with Gasteiger partial charge in [0.15, 0.2) is 0 Å². The van der Waals surface area contributed by atoms with Gasteiger partial charge in [0.2, 0.25) is 0 Å². The number of nitrogens with zero attached hydrogens (tertiary/aromatic N) is 2. The van der Waals surface area contributed by atoms with Crippen LogP contribution in [-0.4, -0.2) is 22.3 Å². The molecule has 0 saturated carbocycles.